The van der Waals surface area contributed by atoms with Crippen LogP contribution in [-0.4, -0.2) is 10.7 Å². The molecular weight excluding hydrogens is 196 g/mol. The molecule has 3 aliphatic rings. The van der Waals surface area contributed by atoms with Gasteiger partial charge in [-0.05, 0) is 67.6 Å². The first-order valence-electron chi connectivity index (χ1n) is 7.05. The third-order valence-electron chi connectivity index (χ3n) is 7.15. The highest BCUT2D eigenvalue weighted by atomic mass is 16.3. The Morgan fingerprint density at radius 1 is 1.06 bits per heavy atom. The Bertz CT molecular complexity index is 317. The Kier molecular flexibility index (Phi) is 1.98. The van der Waals surface area contributed by atoms with Crippen molar-refractivity contribution >= 4 is 0 Å². The number of hydrogen-bond acceptors (Lipinski definition) is 1. The zero-order chi connectivity index (χ0) is 11.8. The molecule has 3 aliphatic carbocycles. The molecule has 1 nitrogen and oxygen atoms in total. The topological polar surface area (TPSA) is 20.2 Å². The van der Waals surface area contributed by atoms with E-state index in [0.717, 1.165) is 11.8 Å². The molecule has 92 valence electrons. The molecule has 16 heavy (non-hydrogen) atoms. The van der Waals surface area contributed by atoms with E-state index in [4.69, 9.17) is 0 Å². The predicted molar refractivity (Wildman–Crippen MR) is 66.1 cm³/mol. The average molecular weight is 222 g/mol. The summed E-state index contributed by atoms with van der Waals surface area (Å²) < 4.78 is 0. The molecule has 0 amide bonds. The summed E-state index contributed by atoms with van der Waals surface area (Å²) in [6.07, 6.45) is 6.71. The van der Waals surface area contributed by atoms with E-state index in [-0.39, 0.29) is 5.41 Å². The molecular formula is C15H26O. The summed E-state index contributed by atoms with van der Waals surface area (Å²) in [6, 6.07) is 0. The van der Waals surface area contributed by atoms with Crippen molar-refractivity contribution in [2.24, 2.45) is 28.6 Å². The molecule has 0 unspecified atom stereocenters. The van der Waals surface area contributed by atoms with Crippen molar-refractivity contribution in [3.63, 3.8) is 0 Å². The third kappa shape index (κ3) is 0.978. The van der Waals surface area contributed by atoms with Crippen molar-refractivity contribution in [1.82, 2.24) is 0 Å². The Morgan fingerprint density at radius 2 is 1.75 bits per heavy atom. The second-order valence-corrected chi connectivity index (χ2v) is 7.57. The summed E-state index contributed by atoms with van der Waals surface area (Å²) in [5, 5.41) is 11.1. The molecule has 3 saturated carbocycles. The Morgan fingerprint density at radius 3 is 2.44 bits per heavy atom. The molecule has 0 aliphatic heterocycles. The maximum absolute atomic E-state index is 11.1. The minimum absolute atomic E-state index is 0.113. The van der Waals surface area contributed by atoms with Crippen LogP contribution >= 0.6 is 0 Å². The van der Waals surface area contributed by atoms with Crippen LogP contribution in [0.2, 0.25) is 0 Å². The van der Waals surface area contributed by atoms with Crippen LogP contribution in [0.25, 0.3) is 0 Å². The summed E-state index contributed by atoms with van der Waals surface area (Å²) in [7, 11) is 0. The Labute approximate surface area is 99.6 Å². The lowest BCUT2D eigenvalue weighted by molar-refractivity contribution is -0.177. The first kappa shape index (κ1) is 11.1. The van der Waals surface area contributed by atoms with Gasteiger partial charge in [0, 0.05) is 0 Å². The normalized spacial score (nSPS) is 58.7. The van der Waals surface area contributed by atoms with Gasteiger partial charge >= 0.3 is 0 Å². The zero-order valence-corrected chi connectivity index (χ0v) is 11.2. The van der Waals surface area contributed by atoms with Crippen molar-refractivity contribution in [2.75, 3.05) is 0 Å². The van der Waals surface area contributed by atoms with Gasteiger partial charge in [0.05, 0.1) is 5.60 Å². The fourth-order valence-corrected chi connectivity index (χ4v) is 5.52. The van der Waals surface area contributed by atoms with Gasteiger partial charge in [0.1, 0.15) is 0 Å². The molecule has 0 aromatic heterocycles. The molecule has 2 bridgehead atoms. The van der Waals surface area contributed by atoms with Crippen molar-refractivity contribution in [1.29, 1.82) is 0 Å². The quantitative estimate of drug-likeness (QED) is 0.664. The van der Waals surface area contributed by atoms with Crippen LogP contribution in [0.15, 0.2) is 0 Å². The lowest BCUT2D eigenvalue weighted by atomic mass is 9.51. The number of aliphatic hydroxyl groups is 1. The van der Waals surface area contributed by atoms with Crippen molar-refractivity contribution in [3.05, 3.63) is 0 Å². The maximum atomic E-state index is 11.1. The van der Waals surface area contributed by atoms with Crippen LogP contribution in [0.5, 0.6) is 0 Å². The van der Waals surface area contributed by atoms with Gasteiger partial charge in [-0.2, -0.15) is 0 Å². The standard InChI is InChI=1S/C15H26O/c1-10-5-6-12-14(4,16)13(2,3)11-7-8-15(10,12)9-11/h10-12,16H,5-9H2,1-4H3/t10-,11+,12+,14+,15-/m0/s1. The molecule has 3 rings (SSSR count). The monoisotopic (exact) mass is 222 g/mol. The molecule has 5 atom stereocenters. The van der Waals surface area contributed by atoms with E-state index in [0.29, 0.717) is 11.3 Å². The molecule has 3 fully saturated rings. The van der Waals surface area contributed by atoms with E-state index >= 15 is 0 Å². The summed E-state index contributed by atoms with van der Waals surface area (Å²) in [5.74, 6) is 2.15. The highest BCUT2D eigenvalue weighted by Gasteiger charge is 2.67. The minimum Gasteiger partial charge on any atom is -0.389 e. The van der Waals surface area contributed by atoms with E-state index in [2.05, 4.69) is 27.7 Å². The van der Waals surface area contributed by atoms with E-state index in [1.54, 1.807) is 0 Å². The molecule has 1 spiro atoms. The van der Waals surface area contributed by atoms with Crippen LogP contribution in [-0.2, 0) is 0 Å². The van der Waals surface area contributed by atoms with E-state index in [1.807, 2.05) is 0 Å². The highest BCUT2D eigenvalue weighted by Crippen LogP contribution is 2.71. The van der Waals surface area contributed by atoms with Gasteiger partial charge in [0.15, 0.2) is 0 Å². The predicted octanol–water partition coefficient (Wildman–Crippen LogP) is 3.61. The summed E-state index contributed by atoms with van der Waals surface area (Å²) in [5.41, 5.74) is 0.169. The summed E-state index contributed by atoms with van der Waals surface area (Å²) in [4.78, 5) is 0. The van der Waals surface area contributed by atoms with Gasteiger partial charge in [-0.25, -0.2) is 0 Å². The SMILES string of the molecule is C[C@H]1CC[C@H]2[C@]13CC[C@H](C3)C(C)(C)[C@]2(C)O. The molecule has 0 aromatic carbocycles. The first-order chi connectivity index (χ1) is 7.32. The van der Waals surface area contributed by atoms with Gasteiger partial charge < -0.3 is 5.11 Å². The fourth-order valence-electron chi connectivity index (χ4n) is 5.52. The lowest BCUT2D eigenvalue weighted by Crippen LogP contribution is -2.58. The number of rotatable bonds is 0. The van der Waals surface area contributed by atoms with Crippen LogP contribution in [0.4, 0.5) is 0 Å². The summed E-state index contributed by atoms with van der Waals surface area (Å²) in [6.45, 7) is 9.16. The molecule has 0 radical (unpaired) electrons. The second kappa shape index (κ2) is 2.85. The lowest BCUT2D eigenvalue weighted by Gasteiger charge is -2.56. The smallest absolute Gasteiger partial charge is 0.0706 e. The van der Waals surface area contributed by atoms with E-state index < -0.39 is 5.60 Å². The van der Waals surface area contributed by atoms with Gasteiger partial charge in [-0.1, -0.05) is 20.8 Å². The average Bonchev–Trinajstić information content (AvgIpc) is 2.73. The molecule has 0 saturated heterocycles. The number of hydrogen-bond donors (Lipinski definition) is 1. The highest BCUT2D eigenvalue weighted by molar-refractivity contribution is 5.17. The van der Waals surface area contributed by atoms with Gasteiger partial charge in [-0.15, -0.1) is 0 Å². The van der Waals surface area contributed by atoms with Crippen molar-refractivity contribution in [3.8, 4) is 0 Å². The molecule has 0 heterocycles. The van der Waals surface area contributed by atoms with E-state index in [1.165, 1.54) is 32.1 Å². The van der Waals surface area contributed by atoms with Crippen LogP contribution in [0.1, 0.15) is 59.8 Å². The van der Waals surface area contributed by atoms with Gasteiger partial charge in [0.25, 0.3) is 0 Å². The second-order valence-electron chi connectivity index (χ2n) is 7.57. The number of fused-ring (bicyclic) bond motifs is 1. The van der Waals surface area contributed by atoms with Crippen molar-refractivity contribution in [2.45, 2.75) is 65.4 Å². The minimum atomic E-state index is -0.447. The fraction of sp³-hybridized carbons (Fsp3) is 1.00. The van der Waals surface area contributed by atoms with E-state index in [9.17, 15) is 5.11 Å². The van der Waals surface area contributed by atoms with Gasteiger partial charge in [0.2, 0.25) is 0 Å². The zero-order valence-electron chi connectivity index (χ0n) is 11.2. The van der Waals surface area contributed by atoms with Crippen LogP contribution < -0.4 is 0 Å². The largest absolute Gasteiger partial charge is 0.389 e. The first-order valence-corrected chi connectivity index (χ1v) is 7.05. The molecule has 0 aromatic rings. The summed E-state index contributed by atoms with van der Waals surface area (Å²) >= 11 is 0. The maximum Gasteiger partial charge on any atom is 0.0706 e. The molecule has 1 heteroatoms. The third-order valence-corrected chi connectivity index (χ3v) is 7.15. The van der Waals surface area contributed by atoms with Gasteiger partial charge in [-0.3, -0.25) is 0 Å². The Balaban J connectivity index is 2.10. The van der Waals surface area contributed by atoms with Crippen molar-refractivity contribution < 1.29 is 5.11 Å². The van der Waals surface area contributed by atoms with Crippen LogP contribution in [0, 0.1) is 28.6 Å². The molecule has 1 N–H and O–H groups in total. The van der Waals surface area contributed by atoms with Crippen LogP contribution in [0.3, 0.4) is 0 Å². The Hall–Kier alpha value is -0.0400.